The minimum Gasteiger partial charge on any atom is -0.391 e. The number of hydrogen-bond donors (Lipinski definition) is 1. The van der Waals surface area contributed by atoms with Gasteiger partial charge in [-0.25, -0.2) is 0 Å². The molecule has 0 spiro atoms. The molecule has 1 atom stereocenters. The highest BCUT2D eigenvalue weighted by Gasteiger charge is 2.25. The Balaban J connectivity index is 3.84. The fourth-order valence-corrected chi connectivity index (χ4v) is 2.08. The number of rotatable bonds is 6. The fraction of sp³-hybridized carbons (Fsp3) is 1.00. The van der Waals surface area contributed by atoms with Gasteiger partial charge in [-0.15, -0.1) is 0 Å². The molecule has 0 radical (unpaired) electrons. The van der Waals surface area contributed by atoms with Crippen molar-refractivity contribution in [2.45, 2.75) is 60.5 Å². The normalized spacial score (nSPS) is 15.4. The van der Waals surface area contributed by atoms with Crippen LogP contribution in [0.2, 0.25) is 0 Å². The van der Waals surface area contributed by atoms with Crippen molar-refractivity contribution in [2.24, 2.45) is 10.8 Å². The summed E-state index contributed by atoms with van der Waals surface area (Å²) in [6.45, 7) is 14.3. The zero-order valence-corrected chi connectivity index (χ0v) is 11.3. The van der Waals surface area contributed by atoms with Crippen molar-refractivity contribution in [3.63, 3.8) is 0 Å². The average Bonchev–Trinajstić information content (AvgIpc) is 1.98. The summed E-state index contributed by atoms with van der Waals surface area (Å²) >= 11 is 0. The first-order chi connectivity index (χ1) is 6.66. The molecule has 0 amide bonds. The number of ether oxygens (including phenoxy) is 1. The van der Waals surface area contributed by atoms with Gasteiger partial charge in [-0.05, 0) is 23.7 Å². The Labute approximate surface area is 95.0 Å². The lowest BCUT2D eigenvalue weighted by molar-refractivity contribution is -0.00935. The molecule has 0 aliphatic carbocycles. The van der Waals surface area contributed by atoms with E-state index < -0.39 is 0 Å². The second kappa shape index (κ2) is 5.86. The van der Waals surface area contributed by atoms with Crippen LogP contribution in [0, 0.1) is 10.8 Å². The lowest BCUT2D eigenvalue weighted by Crippen LogP contribution is -2.27. The van der Waals surface area contributed by atoms with E-state index in [0.717, 1.165) is 19.4 Å². The maximum Gasteiger partial charge on any atom is 0.0771 e. The Morgan fingerprint density at radius 2 is 1.67 bits per heavy atom. The van der Waals surface area contributed by atoms with Crippen LogP contribution in [0.4, 0.5) is 0 Å². The first-order valence-corrected chi connectivity index (χ1v) is 5.92. The first-order valence-electron chi connectivity index (χ1n) is 5.92. The van der Waals surface area contributed by atoms with E-state index in [2.05, 4.69) is 34.6 Å². The molecule has 0 rings (SSSR count). The molecular formula is C13H28O2. The predicted octanol–water partition coefficient (Wildman–Crippen LogP) is 3.24. The molecule has 0 aliphatic rings. The summed E-state index contributed by atoms with van der Waals surface area (Å²) in [5, 5.41) is 9.36. The SMILES string of the molecule is CCC(O)COCC(C)(C)CC(C)(C)C. The molecule has 0 heterocycles. The Morgan fingerprint density at radius 1 is 1.13 bits per heavy atom. The van der Waals surface area contributed by atoms with Gasteiger partial charge in [0.25, 0.3) is 0 Å². The quantitative estimate of drug-likeness (QED) is 0.738. The predicted molar refractivity (Wildman–Crippen MR) is 65.0 cm³/mol. The Kier molecular flexibility index (Phi) is 5.82. The van der Waals surface area contributed by atoms with Crippen LogP contribution < -0.4 is 0 Å². The van der Waals surface area contributed by atoms with Gasteiger partial charge in [0.1, 0.15) is 0 Å². The van der Waals surface area contributed by atoms with Crippen LogP contribution in [-0.2, 0) is 4.74 Å². The third-order valence-corrected chi connectivity index (χ3v) is 2.28. The van der Waals surface area contributed by atoms with E-state index in [1.807, 2.05) is 6.92 Å². The van der Waals surface area contributed by atoms with Crippen LogP contribution in [0.15, 0.2) is 0 Å². The number of aliphatic hydroxyl groups is 1. The van der Waals surface area contributed by atoms with Crippen molar-refractivity contribution in [2.75, 3.05) is 13.2 Å². The van der Waals surface area contributed by atoms with E-state index in [9.17, 15) is 5.11 Å². The van der Waals surface area contributed by atoms with E-state index in [1.54, 1.807) is 0 Å². The third kappa shape index (κ3) is 8.88. The molecule has 1 unspecified atom stereocenters. The van der Waals surface area contributed by atoms with E-state index in [0.29, 0.717) is 12.0 Å². The molecule has 0 aliphatic heterocycles. The van der Waals surface area contributed by atoms with E-state index in [1.165, 1.54) is 0 Å². The van der Waals surface area contributed by atoms with Gasteiger partial charge >= 0.3 is 0 Å². The maximum absolute atomic E-state index is 9.36. The molecule has 0 fully saturated rings. The molecule has 2 heteroatoms. The molecule has 92 valence electrons. The second-order valence-corrected chi connectivity index (χ2v) is 6.48. The summed E-state index contributed by atoms with van der Waals surface area (Å²) in [6, 6.07) is 0. The minimum absolute atomic E-state index is 0.186. The van der Waals surface area contributed by atoms with Crippen molar-refractivity contribution < 1.29 is 9.84 Å². The summed E-state index contributed by atoms with van der Waals surface area (Å²) < 4.78 is 5.55. The monoisotopic (exact) mass is 216 g/mol. The first kappa shape index (κ1) is 14.9. The molecule has 0 aromatic heterocycles. The average molecular weight is 216 g/mol. The lowest BCUT2D eigenvalue weighted by atomic mass is 9.77. The summed E-state index contributed by atoms with van der Waals surface area (Å²) in [4.78, 5) is 0. The fourth-order valence-electron chi connectivity index (χ4n) is 2.08. The minimum atomic E-state index is -0.310. The van der Waals surface area contributed by atoms with Gasteiger partial charge in [-0.2, -0.15) is 0 Å². The van der Waals surface area contributed by atoms with Crippen LogP contribution in [0.3, 0.4) is 0 Å². The van der Waals surface area contributed by atoms with Crippen LogP contribution in [0.5, 0.6) is 0 Å². The summed E-state index contributed by atoms with van der Waals surface area (Å²) in [6.07, 6.45) is 1.58. The summed E-state index contributed by atoms with van der Waals surface area (Å²) in [5.41, 5.74) is 0.516. The van der Waals surface area contributed by atoms with Crippen molar-refractivity contribution in [1.82, 2.24) is 0 Å². The maximum atomic E-state index is 9.36. The zero-order chi connectivity index (χ0) is 12.1. The molecule has 2 nitrogen and oxygen atoms in total. The smallest absolute Gasteiger partial charge is 0.0771 e. The molecule has 0 aromatic carbocycles. The second-order valence-electron chi connectivity index (χ2n) is 6.48. The Bertz CT molecular complexity index is 168. The number of hydrogen-bond acceptors (Lipinski definition) is 2. The highest BCUT2D eigenvalue weighted by atomic mass is 16.5. The van der Waals surface area contributed by atoms with Crippen molar-refractivity contribution in [3.8, 4) is 0 Å². The van der Waals surface area contributed by atoms with E-state index in [-0.39, 0.29) is 11.5 Å². The van der Waals surface area contributed by atoms with Gasteiger partial charge in [0.2, 0.25) is 0 Å². The van der Waals surface area contributed by atoms with Crippen LogP contribution in [0.25, 0.3) is 0 Å². The third-order valence-electron chi connectivity index (χ3n) is 2.28. The Hall–Kier alpha value is -0.0800. The van der Waals surface area contributed by atoms with E-state index >= 15 is 0 Å². The van der Waals surface area contributed by atoms with Crippen molar-refractivity contribution in [3.05, 3.63) is 0 Å². The zero-order valence-electron chi connectivity index (χ0n) is 11.3. The highest BCUT2D eigenvalue weighted by molar-refractivity contribution is 4.76. The van der Waals surface area contributed by atoms with Gasteiger partial charge < -0.3 is 9.84 Å². The van der Waals surface area contributed by atoms with Crippen LogP contribution in [0.1, 0.15) is 54.4 Å². The number of aliphatic hydroxyl groups excluding tert-OH is 1. The molecule has 0 bridgehead atoms. The van der Waals surface area contributed by atoms with Gasteiger partial charge in [-0.3, -0.25) is 0 Å². The molecule has 0 saturated heterocycles. The molecule has 0 aromatic rings. The largest absolute Gasteiger partial charge is 0.391 e. The highest BCUT2D eigenvalue weighted by Crippen LogP contribution is 2.33. The van der Waals surface area contributed by atoms with Gasteiger partial charge in [0, 0.05) is 0 Å². The van der Waals surface area contributed by atoms with Gasteiger partial charge in [0.05, 0.1) is 19.3 Å². The lowest BCUT2D eigenvalue weighted by Gasteiger charge is -2.32. The van der Waals surface area contributed by atoms with Gasteiger partial charge in [0.15, 0.2) is 0 Å². The van der Waals surface area contributed by atoms with Crippen molar-refractivity contribution in [1.29, 1.82) is 0 Å². The molecule has 15 heavy (non-hydrogen) atoms. The van der Waals surface area contributed by atoms with Gasteiger partial charge in [-0.1, -0.05) is 41.5 Å². The molecule has 1 N–H and O–H groups in total. The topological polar surface area (TPSA) is 29.5 Å². The summed E-state index contributed by atoms with van der Waals surface area (Å²) in [5.74, 6) is 0. The molecular weight excluding hydrogens is 188 g/mol. The van der Waals surface area contributed by atoms with Crippen LogP contribution in [-0.4, -0.2) is 24.4 Å². The Morgan fingerprint density at radius 3 is 2.07 bits per heavy atom. The molecule has 0 saturated carbocycles. The van der Waals surface area contributed by atoms with Crippen LogP contribution >= 0.6 is 0 Å². The van der Waals surface area contributed by atoms with Crippen molar-refractivity contribution >= 4 is 0 Å². The van der Waals surface area contributed by atoms with E-state index in [4.69, 9.17) is 4.74 Å². The standard InChI is InChI=1S/C13H28O2/c1-7-11(14)8-15-10-13(5,6)9-12(2,3)4/h11,14H,7-10H2,1-6H3. The summed E-state index contributed by atoms with van der Waals surface area (Å²) in [7, 11) is 0.